The Bertz CT molecular complexity index is 2070. The minimum absolute atomic E-state index is 0.150. The highest BCUT2D eigenvalue weighted by atomic mass is 16.6. The number of carbonyl (C=O) groups is 5. The molecule has 0 radical (unpaired) electrons. The second-order valence-corrected chi connectivity index (χ2v) is 16.0. The van der Waals surface area contributed by atoms with Gasteiger partial charge in [-0.2, -0.15) is 5.21 Å². The van der Waals surface area contributed by atoms with E-state index in [4.69, 9.17) is 4.74 Å². The van der Waals surface area contributed by atoms with Crippen LogP contribution in [0.15, 0.2) is 66.7 Å². The summed E-state index contributed by atoms with van der Waals surface area (Å²) in [7, 11) is 0. The average molecular weight is 794 g/mol. The Hall–Kier alpha value is -6.32. The molecule has 1 atom stereocenters. The summed E-state index contributed by atoms with van der Waals surface area (Å²) in [6.45, 7) is 9.09. The van der Waals surface area contributed by atoms with Crippen LogP contribution in [0.4, 0.5) is 15.3 Å². The number of carbonyl (C=O) groups excluding carboxylic acids is 4. The Labute approximate surface area is 337 Å². The van der Waals surface area contributed by atoms with Crippen molar-refractivity contribution >= 4 is 35.6 Å². The summed E-state index contributed by atoms with van der Waals surface area (Å²) < 4.78 is 5.35. The van der Waals surface area contributed by atoms with Gasteiger partial charge in [-0.3, -0.25) is 14.4 Å². The Kier molecular flexibility index (Phi) is 13.0. The molecule has 5 amide bonds. The van der Waals surface area contributed by atoms with Gasteiger partial charge in [-0.15, -0.1) is 10.2 Å². The third-order valence-electron chi connectivity index (χ3n) is 10.6. The van der Waals surface area contributed by atoms with Crippen molar-refractivity contribution in [2.24, 2.45) is 11.8 Å². The number of aromatic amines is 1. The maximum absolute atomic E-state index is 13.9. The highest BCUT2D eigenvalue weighted by molar-refractivity contribution is 5.98. The van der Waals surface area contributed by atoms with Gasteiger partial charge in [0.15, 0.2) is 0 Å². The minimum Gasteiger partial charge on any atom is -0.465 e. The number of nitrogens with one attached hydrogen (secondary N) is 4. The van der Waals surface area contributed by atoms with Gasteiger partial charge in [-0.25, -0.2) is 9.59 Å². The van der Waals surface area contributed by atoms with Gasteiger partial charge in [-0.05, 0) is 123 Å². The van der Waals surface area contributed by atoms with Gasteiger partial charge in [0.1, 0.15) is 11.6 Å². The second kappa shape index (κ2) is 18.3. The topological polar surface area (TPSA) is 212 Å². The quantitative estimate of drug-likeness (QED) is 0.133. The monoisotopic (exact) mass is 793 g/mol. The first kappa shape index (κ1) is 41.3. The number of aryl methyl sites for hydroxylation is 1. The van der Waals surface area contributed by atoms with Crippen molar-refractivity contribution in [2.45, 2.75) is 71.4 Å². The summed E-state index contributed by atoms with van der Waals surface area (Å²) >= 11 is 0. The maximum Gasteiger partial charge on any atom is 0.407 e. The van der Waals surface area contributed by atoms with E-state index in [1.807, 2.05) is 64.1 Å². The molecule has 16 heteroatoms. The van der Waals surface area contributed by atoms with Gasteiger partial charge < -0.3 is 35.6 Å². The van der Waals surface area contributed by atoms with Crippen molar-refractivity contribution in [2.75, 3.05) is 38.0 Å². The Morgan fingerprint density at radius 2 is 1.53 bits per heavy atom. The number of aromatic nitrogens is 4. The first-order valence-electron chi connectivity index (χ1n) is 19.6. The summed E-state index contributed by atoms with van der Waals surface area (Å²) in [4.78, 5) is 67.5. The first-order chi connectivity index (χ1) is 27.7. The van der Waals surface area contributed by atoms with E-state index in [-0.39, 0.29) is 49.1 Å². The molecular formula is C42H51N9O7. The zero-order valence-electron chi connectivity index (χ0n) is 33.3. The van der Waals surface area contributed by atoms with Gasteiger partial charge in [0.25, 0.3) is 5.91 Å². The van der Waals surface area contributed by atoms with E-state index in [2.05, 4.69) is 36.6 Å². The highest BCUT2D eigenvalue weighted by Crippen LogP contribution is 2.30. The number of tetrazole rings is 1. The molecule has 4 aromatic rings. The number of hydrogen-bond donors (Lipinski definition) is 5. The van der Waals surface area contributed by atoms with Crippen molar-refractivity contribution in [3.8, 4) is 22.5 Å². The molecule has 0 spiro atoms. The van der Waals surface area contributed by atoms with Crippen molar-refractivity contribution in [1.29, 1.82) is 0 Å². The molecule has 5 N–H and O–H groups in total. The lowest BCUT2D eigenvalue weighted by Crippen LogP contribution is -2.50. The summed E-state index contributed by atoms with van der Waals surface area (Å²) in [6, 6.07) is 19.4. The van der Waals surface area contributed by atoms with E-state index in [1.165, 1.54) is 4.90 Å². The van der Waals surface area contributed by atoms with Crippen LogP contribution < -0.4 is 16.0 Å². The molecule has 306 valence electrons. The number of benzene rings is 3. The van der Waals surface area contributed by atoms with E-state index in [0.717, 1.165) is 40.7 Å². The number of hydrogen-bond acceptors (Lipinski definition) is 9. The van der Waals surface area contributed by atoms with E-state index in [0.29, 0.717) is 49.6 Å². The highest BCUT2D eigenvalue weighted by Gasteiger charge is 2.31. The molecule has 2 fully saturated rings. The minimum atomic E-state index is -0.986. The molecule has 0 bridgehead atoms. The number of amides is 5. The number of carboxylic acid groups (broad SMARTS) is 1. The Morgan fingerprint density at radius 3 is 2.16 bits per heavy atom. The van der Waals surface area contributed by atoms with Crippen molar-refractivity contribution in [1.82, 2.24) is 41.1 Å². The third-order valence-corrected chi connectivity index (χ3v) is 10.6. The molecule has 1 aromatic heterocycles. The second-order valence-electron chi connectivity index (χ2n) is 16.0. The third kappa shape index (κ3) is 11.0. The lowest BCUT2D eigenvalue weighted by atomic mass is 9.81. The first-order valence-corrected chi connectivity index (χ1v) is 19.6. The molecule has 58 heavy (non-hydrogen) atoms. The fourth-order valence-electron chi connectivity index (χ4n) is 7.29. The van der Waals surface area contributed by atoms with Gasteiger partial charge >= 0.3 is 12.2 Å². The van der Waals surface area contributed by atoms with E-state index in [9.17, 15) is 29.1 Å². The lowest BCUT2D eigenvalue weighted by molar-refractivity contribution is -0.130. The number of nitrogens with zero attached hydrogens (tertiary/aromatic N) is 5. The standard InChI is InChI=1S/C42H51N9O7/c1-26-5-10-32(39(54)50-19-21-51(22-20-50)41(56)57)24-34(26)29-11-6-27(7-12-29)23-35(38(53)44-33-17-15-30(16-18-33)36-46-48-49-47-36)45-37(52)31-13-8-28(9-14-31)25-43-40(55)58-42(2,3)4/h5-7,10-12,15-18,24,28,31,35H,8-9,13-14,19-23,25H2,1-4H3,(H,43,55)(H,44,53)(H,45,52)(H,56,57)(H,46,47,48,49)/t28-,31-,35-/m0/s1. The predicted molar refractivity (Wildman–Crippen MR) is 216 cm³/mol. The molecule has 1 aliphatic carbocycles. The van der Waals surface area contributed by atoms with E-state index >= 15 is 0 Å². The van der Waals surface area contributed by atoms with Crippen LogP contribution in [0.25, 0.3) is 22.5 Å². The van der Waals surface area contributed by atoms with Gasteiger partial charge in [0.2, 0.25) is 17.6 Å². The molecule has 6 rings (SSSR count). The molecule has 2 heterocycles. The number of ether oxygens (including phenoxy) is 1. The summed E-state index contributed by atoms with van der Waals surface area (Å²) in [5.41, 5.74) is 4.77. The largest absolute Gasteiger partial charge is 0.465 e. The number of H-pyrrole nitrogens is 1. The summed E-state index contributed by atoms with van der Waals surface area (Å²) in [5, 5.41) is 32.1. The number of alkyl carbamates (subject to hydrolysis) is 1. The maximum atomic E-state index is 13.9. The van der Waals surface area contributed by atoms with E-state index in [1.54, 1.807) is 35.2 Å². The average Bonchev–Trinajstić information content (AvgIpc) is 3.75. The number of anilines is 1. The fraction of sp³-hybridized carbons (Fsp3) is 0.429. The van der Waals surface area contributed by atoms with Crippen molar-refractivity contribution in [3.05, 3.63) is 83.4 Å². The van der Waals surface area contributed by atoms with Crippen LogP contribution in [0.3, 0.4) is 0 Å². The molecule has 1 saturated heterocycles. The van der Waals surface area contributed by atoms with Gasteiger partial charge in [-0.1, -0.05) is 30.3 Å². The van der Waals surface area contributed by atoms with Crippen LogP contribution in [0.5, 0.6) is 0 Å². The summed E-state index contributed by atoms with van der Waals surface area (Å²) in [6.07, 6.45) is 1.56. The van der Waals surface area contributed by atoms with Crippen molar-refractivity contribution < 1.29 is 33.8 Å². The SMILES string of the molecule is Cc1ccc(C(=O)N2CCN(C(=O)O)CC2)cc1-c1ccc(C[C@H](NC(=O)[C@H]2CC[C@H](CNC(=O)OC(C)(C)C)CC2)C(=O)Nc2ccc(-c3nn[nH]n3)cc2)cc1. The molecule has 1 aliphatic heterocycles. The molecule has 3 aromatic carbocycles. The van der Waals surface area contributed by atoms with Gasteiger partial charge in [0.05, 0.1) is 0 Å². The Balaban J connectivity index is 1.12. The summed E-state index contributed by atoms with van der Waals surface area (Å²) in [5.74, 6) is -0.338. The van der Waals surface area contributed by atoms with Crippen molar-refractivity contribution in [3.63, 3.8) is 0 Å². The zero-order valence-corrected chi connectivity index (χ0v) is 33.3. The van der Waals surface area contributed by atoms with Crippen LogP contribution >= 0.6 is 0 Å². The van der Waals surface area contributed by atoms with E-state index < -0.39 is 23.8 Å². The fourth-order valence-corrected chi connectivity index (χ4v) is 7.29. The molecule has 0 unspecified atom stereocenters. The van der Waals surface area contributed by atoms with Crippen LogP contribution in [-0.4, -0.2) is 110 Å². The molecular weight excluding hydrogens is 743 g/mol. The Morgan fingerprint density at radius 1 is 0.879 bits per heavy atom. The van der Waals surface area contributed by atoms with Crippen LogP contribution in [-0.2, 0) is 20.7 Å². The predicted octanol–water partition coefficient (Wildman–Crippen LogP) is 5.28. The molecule has 2 aliphatic rings. The zero-order chi connectivity index (χ0) is 41.4. The van der Waals surface area contributed by atoms with Crippen LogP contribution in [0.2, 0.25) is 0 Å². The smallest absolute Gasteiger partial charge is 0.407 e. The van der Waals surface area contributed by atoms with Crippen LogP contribution in [0.1, 0.15) is 67.9 Å². The molecule has 16 nitrogen and oxygen atoms in total. The lowest BCUT2D eigenvalue weighted by Gasteiger charge is -2.33. The number of piperazine rings is 1. The van der Waals surface area contributed by atoms with Gasteiger partial charge in [0, 0.05) is 61.9 Å². The van der Waals surface area contributed by atoms with Crippen LogP contribution in [0, 0.1) is 18.8 Å². The molecule has 1 saturated carbocycles. The number of rotatable bonds is 11. The normalized spacial score (nSPS) is 17.5.